The highest BCUT2D eigenvalue weighted by Gasteiger charge is 2.14. The van der Waals surface area contributed by atoms with Gasteiger partial charge < -0.3 is 4.74 Å². The topological polar surface area (TPSA) is 101 Å². The van der Waals surface area contributed by atoms with E-state index in [4.69, 9.17) is 16.3 Å². The molecule has 0 fully saturated rings. The van der Waals surface area contributed by atoms with Gasteiger partial charge in [-0.3, -0.25) is 19.4 Å². The zero-order valence-electron chi connectivity index (χ0n) is 15.0. The maximum absolute atomic E-state index is 10.7. The third kappa shape index (κ3) is 4.70. The first-order valence-corrected chi connectivity index (χ1v) is 9.56. The van der Waals surface area contributed by atoms with E-state index >= 15 is 0 Å². The summed E-state index contributed by atoms with van der Waals surface area (Å²) in [5, 5.41) is 24.4. The Hall–Kier alpha value is -2.85. The van der Waals surface area contributed by atoms with Crippen LogP contribution >= 0.6 is 23.4 Å². The monoisotopic (exact) mass is 420 g/mol. The molecule has 0 aliphatic heterocycles. The van der Waals surface area contributed by atoms with E-state index in [0.717, 1.165) is 5.56 Å². The molecule has 0 saturated carbocycles. The Bertz CT molecular complexity index is 1000. The molecule has 0 bridgehead atoms. The van der Waals surface area contributed by atoms with Crippen LogP contribution in [0.3, 0.4) is 0 Å². The molecule has 0 aliphatic rings. The smallest absolute Gasteiger partial charge is 0.307 e. The highest BCUT2D eigenvalue weighted by molar-refractivity contribution is 7.98. The molecule has 11 heteroatoms. The maximum atomic E-state index is 10.7. The Labute approximate surface area is 170 Å². The number of rotatable bonds is 9. The van der Waals surface area contributed by atoms with E-state index < -0.39 is 4.92 Å². The van der Waals surface area contributed by atoms with Gasteiger partial charge in [0, 0.05) is 11.6 Å². The van der Waals surface area contributed by atoms with Gasteiger partial charge in [0.05, 0.1) is 10.8 Å². The van der Waals surface area contributed by atoms with E-state index in [1.807, 2.05) is 17.6 Å². The van der Waals surface area contributed by atoms with Gasteiger partial charge in [-0.2, -0.15) is 5.10 Å². The van der Waals surface area contributed by atoms with Gasteiger partial charge in [-0.25, -0.2) is 0 Å². The predicted octanol–water partition coefficient (Wildman–Crippen LogP) is 3.86. The molecule has 0 amide bonds. The zero-order chi connectivity index (χ0) is 20.1. The number of aromatic nitrogens is 5. The number of aryl methyl sites for hydroxylation is 1. The number of hydrogen-bond acceptors (Lipinski definition) is 7. The molecule has 0 N–H and O–H groups in total. The van der Waals surface area contributed by atoms with E-state index in [2.05, 4.69) is 21.9 Å². The lowest BCUT2D eigenvalue weighted by atomic mass is 10.2. The summed E-state index contributed by atoms with van der Waals surface area (Å²) in [7, 11) is 0. The van der Waals surface area contributed by atoms with Gasteiger partial charge in [0.2, 0.25) is 0 Å². The van der Waals surface area contributed by atoms with Crippen LogP contribution in [0.1, 0.15) is 11.4 Å². The van der Waals surface area contributed by atoms with Gasteiger partial charge in [0.15, 0.2) is 11.0 Å². The van der Waals surface area contributed by atoms with Crippen molar-refractivity contribution in [1.29, 1.82) is 0 Å². The first-order chi connectivity index (χ1) is 13.5. The van der Waals surface area contributed by atoms with Crippen molar-refractivity contribution in [2.45, 2.75) is 31.1 Å². The lowest BCUT2D eigenvalue weighted by Gasteiger charge is -2.10. The predicted molar refractivity (Wildman–Crippen MR) is 105 cm³/mol. The van der Waals surface area contributed by atoms with Gasteiger partial charge in [-0.05, 0) is 30.7 Å². The molecule has 0 radical (unpaired) electrons. The molecule has 0 unspecified atom stereocenters. The van der Waals surface area contributed by atoms with E-state index in [1.165, 1.54) is 28.8 Å². The summed E-state index contributed by atoms with van der Waals surface area (Å²) >= 11 is 7.39. The van der Waals surface area contributed by atoms with Crippen molar-refractivity contribution in [2.75, 3.05) is 0 Å². The van der Waals surface area contributed by atoms with Crippen molar-refractivity contribution in [3.8, 4) is 5.75 Å². The van der Waals surface area contributed by atoms with Gasteiger partial charge in [0.1, 0.15) is 24.8 Å². The Balaban J connectivity index is 1.68. The standard InChI is InChI=1S/C17H17ClN6O3S/c1-3-6-23-16(10-27-14-4-5-15(18)12(2)7-14)20-21-17(23)28-11-22-9-13(8-19-22)24(25)26/h3-5,7-9H,1,6,10-11H2,2H3. The molecule has 1 aromatic carbocycles. The van der Waals surface area contributed by atoms with Crippen LogP contribution in [0.4, 0.5) is 5.69 Å². The summed E-state index contributed by atoms with van der Waals surface area (Å²) in [5.74, 6) is 1.69. The van der Waals surface area contributed by atoms with Crippen molar-refractivity contribution in [3.63, 3.8) is 0 Å². The van der Waals surface area contributed by atoms with Crippen molar-refractivity contribution < 1.29 is 9.66 Å². The Morgan fingerprint density at radius 2 is 2.25 bits per heavy atom. The molecule has 3 rings (SSSR count). The molecule has 9 nitrogen and oxygen atoms in total. The second-order valence-corrected chi connectivity index (χ2v) is 7.09. The van der Waals surface area contributed by atoms with Crippen molar-refractivity contribution in [2.24, 2.45) is 0 Å². The lowest BCUT2D eigenvalue weighted by molar-refractivity contribution is -0.385. The molecule has 0 aliphatic carbocycles. The van der Waals surface area contributed by atoms with Crippen LogP contribution in [-0.2, 0) is 19.0 Å². The quantitative estimate of drug-likeness (QED) is 0.224. The zero-order valence-corrected chi connectivity index (χ0v) is 16.6. The molecule has 146 valence electrons. The fourth-order valence-electron chi connectivity index (χ4n) is 2.34. The van der Waals surface area contributed by atoms with E-state index in [1.54, 1.807) is 18.2 Å². The minimum absolute atomic E-state index is 0.0551. The van der Waals surface area contributed by atoms with Gasteiger partial charge in [-0.1, -0.05) is 29.4 Å². The normalized spacial score (nSPS) is 10.8. The SMILES string of the molecule is C=CCn1c(COc2ccc(Cl)c(C)c2)nnc1SCn1cc([N+](=O)[O-])cn1. The Morgan fingerprint density at radius 1 is 1.43 bits per heavy atom. The number of allylic oxidation sites excluding steroid dienone is 1. The van der Waals surface area contributed by atoms with Crippen LogP contribution in [0.2, 0.25) is 5.02 Å². The van der Waals surface area contributed by atoms with Crippen LogP contribution in [0, 0.1) is 17.0 Å². The second-order valence-electron chi connectivity index (χ2n) is 5.77. The average molecular weight is 421 g/mol. The second kappa shape index (κ2) is 8.89. The number of hydrogen-bond donors (Lipinski definition) is 0. The van der Waals surface area contributed by atoms with Gasteiger partial charge in [0.25, 0.3) is 0 Å². The number of thioether (sulfide) groups is 1. The largest absolute Gasteiger partial charge is 0.486 e. The number of nitrogens with zero attached hydrogens (tertiary/aromatic N) is 6. The summed E-state index contributed by atoms with van der Waals surface area (Å²) < 4.78 is 9.15. The third-order valence-electron chi connectivity index (χ3n) is 3.76. The molecular formula is C17H17ClN6O3S. The first kappa shape index (κ1) is 19.9. The Kier molecular flexibility index (Phi) is 6.32. The molecule has 3 aromatic rings. The molecule has 0 saturated heterocycles. The molecule has 0 spiro atoms. The number of ether oxygens (including phenoxy) is 1. The van der Waals surface area contributed by atoms with Gasteiger partial charge in [-0.15, -0.1) is 16.8 Å². The highest BCUT2D eigenvalue weighted by atomic mass is 35.5. The van der Waals surface area contributed by atoms with Crippen LogP contribution < -0.4 is 4.74 Å². The summed E-state index contributed by atoms with van der Waals surface area (Å²) in [6.45, 7) is 6.41. The summed E-state index contributed by atoms with van der Waals surface area (Å²) in [6, 6.07) is 5.44. The fourth-order valence-corrected chi connectivity index (χ4v) is 3.28. The number of benzene rings is 1. The minimum atomic E-state index is -0.484. The van der Waals surface area contributed by atoms with Crippen molar-refractivity contribution >= 4 is 29.1 Å². The van der Waals surface area contributed by atoms with Crippen LogP contribution in [0.5, 0.6) is 5.75 Å². The van der Waals surface area contributed by atoms with Crippen LogP contribution in [-0.4, -0.2) is 29.5 Å². The van der Waals surface area contributed by atoms with Crippen LogP contribution in [0.15, 0.2) is 48.4 Å². The van der Waals surface area contributed by atoms with Gasteiger partial charge >= 0.3 is 5.69 Å². The maximum Gasteiger partial charge on any atom is 0.307 e. The molecule has 28 heavy (non-hydrogen) atoms. The summed E-state index contributed by atoms with van der Waals surface area (Å²) in [6.07, 6.45) is 4.32. The fraction of sp³-hybridized carbons (Fsp3) is 0.235. The third-order valence-corrected chi connectivity index (χ3v) is 5.14. The minimum Gasteiger partial charge on any atom is -0.486 e. The molecule has 2 heterocycles. The summed E-state index contributed by atoms with van der Waals surface area (Å²) in [4.78, 5) is 10.3. The van der Waals surface area contributed by atoms with Crippen molar-refractivity contribution in [3.05, 3.63) is 69.8 Å². The van der Waals surface area contributed by atoms with E-state index in [0.29, 0.717) is 34.2 Å². The average Bonchev–Trinajstić information content (AvgIpc) is 3.29. The molecule has 2 aromatic heterocycles. The highest BCUT2D eigenvalue weighted by Crippen LogP contribution is 2.23. The van der Waals surface area contributed by atoms with Crippen LogP contribution in [0.25, 0.3) is 0 Å². The molecular weight excluding hydrogens is 404 g/mol. The van der Waals surface area contributed by atoms with E-state index in [9.17, 15) is 10.1 Å². The molecule has 0 atom stereocenters. The first-order valence-electron chi connectivity index (χ1n) is 8.19. The van der Waals surface area contributed by atoms with E-state index in [-0.39, 0.29) is 12.3 Å². The number of halogens is 1. The van der Waals surface area contributed by atoms with Crippen molar-refractivity contribution in [1.82, 2.24) is 24.5 Å². The summed E-state index contributed by atoms with van der Waals surface area (Å²) in [5.41, 5.74) is 0.872. The number of nitro groups is 1. The lowest BCUT2D eigenvalue weighted by Crippen LogP contribution is -2.08. The Morgan fingerprint density at radius 3 is 2.93 bits per heavy atom.